The number of allylic oxidation sites excluding steroid dienone is 1. The van der Waals surface area contributed by atoms with Crippen LogP contribution in [0.3, 0.4) is 0 Å². The van der Waals surface area contributed by atoms with E-state index in [1.54, 1.807) is 36.4 Å². The van der Waals surface area contributed by atoms with Gasteiger partial charge in [0.2, 0.25) is 0 Å². The van der Waals surface area contributed by atoms with Crippen molar-refractivity contribution in [1.29, 1.82) is 10.5 Å². The van der Waals surface area contributed by atoms with Crippen molar-refractivity contribution in [2.24, 2.45) is 0 Å². The second kappa shape index (κ2) is 8.52. The number of halogens is 1. The third kappa shape index (κ3) is 4.70. The summed E-state index contributed by atoms with van der Waals surface area (Å²) in [5, 5.41) is 21.3. The third-order valence-corrected chi connectivity index (χ3v) is 4.00. The van der Waals surface area contributed by atoms with Crippen LogP contribution in [-0.4, -0.2) is 11.5 Å². The molecule has 0 unspecified atom stereocenters. The number of Topliss-reactive ketones (excluding diaryl/α,β-unsaturated/α-hetero) is 1. The van der Waals surface area contributed by atoms with E-state index in [1.165, 1.54) is 24.3 Å². The third-order valence-electron chi connectivity index (χ3n) is 3.00. The Bertz CT molecular complexity index is 817. The van der Waals surface area contributed by atoms with E-state index < -0.39 is 5.82 Å². The molecule has 6 heteroatoms. The highest BCUT2D eigenvalue weighted by molar-refractivity contribution is 8.03. The van der Waals surface area contributed by atoms with Gasteiger partial charge in [-0.05, 0) is 24.3 Å². The summed E-state index contributed by atoms with van der Waals surface area (Å²) in [5.74, 6) is -0.437. The Balaban J connectivity index is 2.15. The van der Waals surface area contributed by atoms with Crippen LogP contribution in [0.4, 0.5) is 10.1 Å². The number of benzene rings is 2. The van der Waals surface area contributed by atoms with Crippen molar-refractivity contribution < 1.29 is 9.18 Å². The van der Waals surface area contributed by atoms with E-state index in [-0.39, 0.29) is 22.1 Å². The number of thioether (sulfide) groups is 1. The molecule has 2 aromatic rings. The average molecular weight is 337 g/mol. The summed E-state index contributed by atoms with van der Waals surface area (Å²) >= 11 is 1.06. The lowest BCUT2D eigenvalue weighted by Crippen LogP contribution is -2.06. The molecule has 0 saturated carbocycles. The second-order valence-corrected chi connectivity index (χ2v) is 5.62. The number of hydrogen-bond donors (Lipinski definition) is 1. The first-order chi connectivity index (χ1) is 11.6. The Kier molecular flexibility index (Phi) is 6.13. The minimum absolute atomic E-state index is 0.0698. The van der Waals surface area contributed by atoms with Gasteiger partial charge in [-0.25, -0.2) is 4.39 Å². The second-order valence-electron chi connectivity index (χ2n) is 4.64. The summed E-state index contributed by atoms with van der Waals surface area (Å²) in [5.41, 5.74) is 0.945. The van der Waals surface area contributed by atoms with E-state index in [4.69, 9.17) is 10.5 Å². The topological polar surface area (TPSA) is 76.7 Å². The largest absolute Gasteiger partial charge is 0.349 e. The number of rotatable bonds is 6. The SMILES string of the molecule is N#CC(C#N)=C(Nc1ccc(F)cc1)SCC(=O)c1ccccc1. The average Bonchev–Trinajstić information content (AvgIpc) is 2.62. The van der Waals surface area contributed by atoms with Crippen molar-refractivity contribution in [3.63, 3.8) is 0 Å². The number of nitrogens with zero attached hydrogens (tertiary/aromatic N) is 2. The number of hydrogen-bond acceptors (Lipinski definition) is 5. The smallest absolute Gasteiger partial charge is 0.173 e. The van der Waals surface area contributed by atoms with Gasteiger partial charge >= 0.3 is 0 Å². The summed E-state index contributed by atoms with van der Waals surface area (Å²) in [4.78, 5) is 12.2. The first-order valence-corrected chi connectivity index (χ1v) is 7.90. The van der Waals surface area contributed by atoms with Gasteiger partial charge in [0.1, 0.15) is 23.0 Å². The molecule has 0 aliphatic rings. The Morgan fingerprint density at radius 2 is 1.67 bits per heavy atom. The van der Waals surface area contributed by atoms with Gasteiger partial charge < -0.3 is 5.32 Å². The number of carbonyl (C=O) groups is 1. The van der Waals surface area contributed by atoms with E-state index in [0.717, 1.165) is 11.8 Å². The van der Waals surface area contributed by atoms with Crippen LogP contribution in [0.1, 0.15) is 10.4 Å². The highest BCUT2D eigenvalue weighted by Crippen LogP contribution is 2.24. The minimum Gasteiger partial charge on any atom is -0.349 e. The van der Waals surface area contributed by atoms with Crippen LogP contribution >= 0.6 is 11.8 Å². The number of anilines is 1. The molecule has 0 aliphatic heterocycles. The molecule has 0 aromatic heterocycles. The lowest BCUT2D eigenvalue weighted by molar-refractivity contribution is 0.102. The minimum atomic E-state index is -0.390. The van der Waals surface area contributed by atoms with Gasteiger partial charge in [0.25, 0.3) is 0 Å². The molecule has 4 nitrogen and oxygen atoms in total. The Labute approximate surface area is 143 Å². The maximum atomic E-state index is 13.0. The monoisotopic (exact) mass is 337 g/mol. The van der Waals surface area contributed by atoms with E-state index in [1.807, 2.05) is 6.07 Å². The number of carbonyl (C=O) groups excluding carboxylic acids is 1. The standard InChI is InChI=1S/C18H12FN3OS/c19-15-6-8-16(9-7-15)22-18(14(10-20)11-21)24-12-17(23)13-4-2-1-3-5-13/h1-9,22H,12H2. The molecule has 0 fully saturated rings. The maximum absolute atomic E-state index is 13.0. The fourth-order valence-electron chi connectivity index (χ4n) is 1.81. The normalized spacial score (nSPS) is 9.46. The molecule has 24 heavy (non-hydrogen) atoms. The first-order valence-electron chi connectivity index (χ1n) is 6.92. The van der Waals surface area contributed by atoms with E-state index in [9.17, 15) is 9.18 Å². The summed E-state index contributed by atoms with van der Waals surface area (Å²) in [6, 6.07) is 17.8. The Morgan fingerprint density at radius 3 is 2.25 bits per heavy atom. The summed E-state index contributed by atoms with van der Waals surface area (Å²) in [6.07, 6.45) is 0. The zero-order valence-electron chi connectivity index (χ0n) is 12.5. The number of nitrogens with one attached hydrogen (secondary N) is 1. The summed E-state index contributed by atoms with van der Waals surface area (Å²) in [7, 11) is 0. The van der Waals surface area contributed by atoms with Crippen molar-refractivity contribution in [3.05, 3.63) is 76.6 Å². The van der Waals surface area contributed by atoms with Crippen molar-refractivity contribution >= 4 is 23.2 Å². The molecule has 0 heterocycles. The number of ketones is 1. The van der Waals surface area contributed by atoms with Crippen LogP contribution < -0.4 is 5.32 Å². The fourth-order valence-corrected chi connectivity index (χ4v) is 2.67. The molecule has 0 bridgehead atoms. The molecule has 0 spiro atoms. The predicted molar refractivity (Wildman–Crippen MR) is 91.5 cm³/mol. The van der Waals surface area contributed by atoms with Crippen LogP contribution in [0.25, 0.3) is 0 Å². The van der Waals surface area contributed by atoms with Gasteiger partial charge in [0.15, 0.2) is 11.4 Å². The molecule has 0 radical (unpaired) electrons. The maximum Gasteiger partial charge on any atom is 0.173 e. The summed E-state index contributed by atoms with van der Waals surface area (Å²) in [6.45, 7) is 0. The number of nitriles is 2. The molecule has 2 aromatic carbocycles. The van der Waals surface area contributed by atoms with Crippen LogP contribution in [0.5, 0.6) is 0 Å². The molecule has 1 N–H and O–H groups in total. The molecule has 0 saturated heterocycles. The van der Waals surface area contributed by atoms with Gasteiger partial charge in [-0.1, -0.05) is 42.1 Å². The first kappa shape index (κ1) is 17.3. The fraction of sp³-hybridized carbons (Fsp3) is 0.0556. The van der Waals surface area contributed by atoms with Crippen molar-refractivity contribution in [3.8, 4) is 12.1 Å². The van der Waals surface area contributed by atoms with E-state index >= 15 is 0 Å². The molecular weight excluding hydrogens is 325 g/mol. The van der Waals surface area contributed by atoms with Crippen molar-refractivity contribution in [2.45, 2.75) is 0 Å². The molecule has 118 valence electrons. The van der Waals surface area contributed by atoms with Crippen LogP contribution in [0, 0.1) is 28.5 Å². The molecule has 0 amide bonds. The zero-order chi connectivity index (χ0) is 17.4. The predicted octanol–water partition coefficient (Wildman–Crippen LogP) is 4.11. The highest BCUT2D eigenvalue weighted by Gasteiger charge is 2.12. The molecular formula is C18H12FN3OS. The zero-order valence-corrected chi connectivity index (χ0v) is 13.3. The Hall–Kier alpha value is -3.09. The molecule has 2 rings (SSSR count). The quantitative estimate of drug-likeness (QED) is 0.634. The van der Waals surface area contributed by atoms with Crippen LogP contribution in [0.2, 0.25) is 0 Å². The highest BCUT2D eigenvalue weighted by atomic mass is 32.2. The Morgan fingerprint density at radius 1 is 1.04 bits per heavy atom. The lowest BCUT2D eigenvalue weighted by atomic mass is 10.2. The molecule has 0 aliphatic carbocycles. The van der Waals surface area contributed by atoms with Gasteiger partial charge in [-0.3, -0.25) is 4.79 Å². The summed E-state index contributed by atoms with van der Waals surface area (Å²) < 4.78 is 13.0. The van der Waals surface area contributed by atoms with Gasteiger partial charge in [0.05, 0.1) is 5.75 Å². The van der Waals surface area contributed by atoms with Crippen LogP contribution in [0.15, 0.2) is 65.2 Å². The lowest BCUT2D eigenvalue weighted by Gasteiger charge is -2.10. The van der Waals surface area contributed by atoms with Gasteiger partial charge in [-0.15, -0.1) is 0 Å². The molecule has 0 atom stereocenters. The van der Waals surface area contributed by atoms with E-state index in [0.29, 0.717) is 11.3 Å². The van der Waals surface area contributed by atoms with Crippen molar-refractivity contribution in [1.82, 2.24) is 0 Å². The van der Waals surface area contributed by atoms with Crippen LogP contribution in [-0.2, 0) is 0 Å². The van der Waals surface area contributed by atoms with Gasteiger partial charge in [0, 0.05) is 11.3 Å². The van der Waals surface area contributed by atoms with Crippen molar-refractivity contribution in [2.75, 3.05) is 11.1 Å². The van der Waals surface area contributed by atoms with E-state index in [2.05, 4.69) is 5.32 Å². The van der Waals surface area contributed by atoms with Gasteiger partial charge in [-0.2, -0.15) is 10.5 Å².